The minimum Gasteiger partial charge on any atom is -0.468 e. The zero-order chi connectivity index (χ0) is 32.0. The summed E-state index contributed by atoms with van der Waals surface area (Å²) >= 11 is 7.45. The molecule has 0 unspecified atom stereocenters. The highest BCUT2D eigenvalue weighted by atomic mass is 35.5. The first-order chi connectivity index (χ1) is 21.7. The Kier molecular flexibility index (Phi) is 10.0. The van der Waals surface area contributed by atoms with E-state index in [2.05, 4.69) is 15.4 Å². The number of fused-ring (bicyclic) bond motifs is 1. The van der Waals surface area contributed by atoms with Gasteiger partial charge < -0.3 is 14.6 Å². The molecule has 0 fully saturated rings. The van der Waals surface area contributed by atoms with Gasteiger partial charge in [0, 0.05) is 33.4 Å². The molecule has 0 saturated heterocycles. The zero-order valence-electron chi connectivity index (χ0n) is 24.5. The highest BCUT2D eigenvalue weighted by Crippen LogP contribution is 2.48. The molecule has 0 bridgehead atoms. The number of aromatic nitrogens is 3. The summed E-state index contributed by atoms with van der Waals surface area (Å²) < 4.78 is 27.1. The van der Waals surface area contributed by atoms with Crippen molar-refractivity contribution in [2.45, 2.75) is 22.8 Å². The molecule has 2 N–H and O–H groups in total. The van der Waals surface area contributed by atoms with Crippen molar-refractivity contribution in [1.29, 1.82) is 0 Å². The van der Waals surface area contributed by atoms with Crippen LogP contribution < -0.4 is 14.9 Å². The average Bonchev–Trinajstić information content (AvgIpc) is 3.43. The Morgan fingerprint density at radius 1 is 1.02 bits per heavy atom. The monoisotopic (exact) mass is 661 g/mol. The molecule has 2 atom stereocenters. The molecule has 2 heterocycles. The van der Waals surface area contributed by atoms with Gasteiger partial charge in [-0.1, -0.05) is 41.6 Å². The van der Waals surface area contributed by atoms with Crippen molar-refractivity contribution >= 4 is 66.0 Å². The second-order valence-electron chi connectivity index (χ2n) is 9.66. The zero-order valence-corrected chi connectivity index (χ0v) is 27.0. The van der Waals surface area contributed by atoms with Crippen LogP contribution in [0.2, 0.25) is 5.02 Å². The van der Waals surface area contributed by atoms with E-state index >= 15 is 0 Å². The molecule has 1 amide bonds. The van der Waals surface area contributed by atoms with E-state index in [1.54, 1.807) is 61.8 Å². The number of nitrogens with zero attached hydrogens (tertiary/aromatic N) is 3. The highest BCUT2D eigenvalue weighted by molar-refractivity contribution is 7.99. The van der Waals surface area contributed by atoms with E-state index in [4.69, 9.17) is 26.0 Å². The van der Waals surface area contributed by atoms with Gasteiger partial charge >= 0.3 is 13.6 Å². The quantitative estimate of drug-likeness (QED) is 0.114. The van der Waals surface area contributed by atoms with Crippen LogP contribution in [-0.2, 0) is 14.1 Å². The maximum absolute atomic E-state index is 14.9. The SMILES string of the molecule is CNC(=O)c1ccccc1Sc1ccc2c(/C=C/c3ccccn3)nn([P@](=O)(N[C@@H](C)C(=O)OC)Oc3ccc(Cl)cc3)c2c1. The molecule has 3 aromatic carbocycles. The predicted molar refractivity (Wildman–Crippen MR) is 177 cm³/mol. The standard InChI is InChI=1S/C32H29ClN5O5PS/c1-21(32(40)42-3)37-44(41,43-24-14-11-22(33)12-15-24)38-29-20-25(45-30-10-5-4-9-27(30)31(39)34-2)16-17-26(29)28(36-38)18-13-23-8-6-7-19-35-23/h4-21H,1-3H3,(H,34,39)(H,37,41)/b18-13+/t21-,44-/m0/s1. The Hall–Kier alpha value is -4.41. The lowest BCUT2D eigenvalue weighted by molar-refractivity contribution is -0.142. The van der Waals surface area contributed by atoms with Gasteiger partial charge in [-0.2, -0.15) is 9.55 Å². The second kappa shape index (κ2) is 14.1. The molecular formula is C32H29ClN5O5PS. The van der Waals surface area contributed by atoms with Crippen LogP contribution in [0, 0.1) is 0 Å². The summed E-state index contributed by atoms with van der Waals surface area (Å²) in [6.07, 6.45) is 5.25. The van der Waals surface area contributed by atoms with Crippen LogP contribution in [-0.4, -0.2) is 46.6 Å². The largest absolute Gasteiger partial charge is 0.468 e. The van der Waals surface area contributed by atoms with Gasteiger partial charge in [-0.05, 0) is 85.8 Å². The van der Waals surface area contributed by atoms with Gasteiger partial charge in [0.1, 0.15) is 11.8 Å². The number of hydrogen-bond acceptors (Lipinski definition) is 8. The molecule has 230 valence electrons. The van der Waals surface area contributed by atoms with Gasteiger partial charge in [0.05, 0.1) is 29.6 Å². The Morgan fingerprint density at radius 3 is 2.49 bits per heavy atom. The van der Waals surface area contributed by atoms with Crippen LogP contribution in [0.25, 0.3) is 23.1 Å². The smallest absolute Gasteiger partial charge is 0.440 e. The van der Waals surface area contributed by atoms with E-state index in [1.165, 1.54) is 30.2 Å². The number of rotatable bonds is 11. The van der Waals surface area contributed by atoms with Gasteiger partial charge in [0.15, 0.2) is 0 Å². The van der Waals surface area contributed by atoms with Crippen molar-refractivity contribution in [3.8, 4) is 5.75 Å². The van der Waals surface area contributed by atoms with E-state index < -0.39 is 19.7 Å². The maximum Gasteiger partial charge on any atom is 0.440 e. The van der Waals surface area contributed by atoms with Crippen molar-refractivity contribution < 1.29 is 23.4 Å². The van der Waals surface area contributed by atoms with Crippen molar-refractivity contribution in [1.82, 2.24) is 24.9 Å². The lowest BCUT2D eigenvalue weighted by Crippen LogP contribution is -2.36. The van der Waals surface area contributed by atoms with Crippen LogP contribution in [0.15, 0.2) is 101 Å². The summed E-state index contributed by atoms with van der Waals surface area (Å²) in [7, 11) is -1.37. The average molecular weight is 662 g/mol. The Balaban J connectivity index is 1.67. The number of ether oxygens (including phenoxy) is 1. The maximum atomic E-state index is 14.9. The molecule has 0 aliphatic carbocycles. The lowest BCUT2D eigenvalue weighted by Gasteiger charge is -2.23. The van der Waals surface area contributed by atoms with E-state index in [-0.39, 0.29) is 11.7 Å². The van der Waals surface area contributed by atoms with Crippen LogP contribution >= 0.6 is 31.0 Å². The third-order valence-corrected chi connectivity index (χ3v) is 9.85. The molecule has 45 heavy (non-hydrogen) atoms. The number of esters is 1. The molecule has 10 nitrogen and oxygen atoms in total. The molecule has 13 heteroatoms. The van der Waals surface area contributed by atoms with Gasteiger partial charge in [-0.3, -0.25) is 14.6 Å². The number of benzene rings is 3. The van der Waals surface area contributed by atoms with E-state index in [0.717, 1.165) is 9.79 Å². The minimum absolute atomic E-state index is 0.215. The van der Waals surface area contributed by atoms with E-state index in [9.17, 15) is 14.2 Å². The topological polar surface area (TPSA) is 124 Å². The Bertz CT molecular complexity index is 1920. The normalized spacial score (nSPS) is 13.3. The molecule has 0 radical (unpaired) electrons. The summed E-state index contributed by atoms with van der Waals surface area (Å²) in [5, 5.41) is 11.4. The third-order valence-electron chi connectivity index (χ3n) is 6.55. The number of carbonyl (C=O) groups is 2. The summed E-state index contributed by atoms with van der Waals surface area (Å²) in [4.78, 5) is 30.8. The number of pyridine rings is 1. The molecule has 0 saturated carbocycles. The summed E-state index contributed by atoms with van der Waals surface area (Å²) in [5.74, 6) is -0.608. The number of amides is 1. The fourth-order valence-electron chi connectivity index (χ4n) is 4.37. The van der Waals surface area contributed by atoms with E-state index in [1.807, 2.05) is 48.5 Å². The first kappa shape index (κ1) is 32.0. The highest BCUT2D eigenvalue weighted by Gasteiger charge is 2.35. The molecule has 0 spiro atoms. The number of carbonyl (C=O) groups excluding carboxylic acids is 2. The molecule has 5 aromatic rings. The molecular weight excluding hydrogens is 633 g/mol. The van der Waals surface area contributed by atoms with Crippen molar-refractivity contribution in [2.75, 3.05) is 14.2 Å². The number of halogens is 1. The number of hydrogen-bond donors (Lipinski definition) is 2. The van der Waals surface area contributed by atoms with E-state index in [0.29, 0.717) is 32.9 Å². The molecule has 0 aliphatic heterocycles. The minimum atomic E-state index is -4.20. The predicted octanol–water partition coefficient (Wildman–Crippen LogP) is 6.95. The second-order valence-corrected chi connectivity index (χ2v) is 13.1. The Morgan fingerprint density at radius 2 is 1.78 bits per heavy atom. The Labute approximate surface area is 269 Å². The first-order valence-corrected chi connectivity index (χ1v) is 16.5. The summed E-state index contributed by atoms with van der Waals surface area (Å²) in [6.45, 7) is 1.52. The number of nitrogens with one attached hydrogen (secondary N) is 2. The van der Waals surface area contributed by atoms with Gasteiger partial charge in [0.25, 0.3) is 5.91 Å². The third kappa shape index (κ3) is 7.46. The molecule has 0 aliphatic rings. The van der Waals surface area contributed by atoms with Gasteiger partial charge in [-0.25, -0.2) is 9.65 Å². The van der Waals surface area contributed by atoms with Gasteiger partial charge in [0.2, 0.25) is 0 Å². The van der Waals surface area contributed by atoms with Crippen molar-refractivity contribution in [3.63, 3.8) is 0 Å². The summed E-state index contributed by atoms with van der Waals surface area (Å²) in [6, 6.07) is 23.7. The van der Waals surface area contributed by atoms with Crippen molar-refractivity contribution in [2.24, 2.45) is 0 Å². The molecule has 2 aromatic heterocycles. The van der Waals surface area contributed by atoms with Crippen LogP contribution in [0.1, 0.15) is 28.7 Å². The van der Waals surface area contributed by atoms with Crippen molar-refractivity contribution in [3.05, 3.63) is 113 Å². The molecule has 5 rings (SSSR count). The fraction of sp³-hybridized carbons (Fsp3) is 0.125. The first-order valence-electron chi connectivity index (χ1n) is 13.7. The number of methoxy groups -OCH3 is 1. The lowest BCUT2D eigenvalue weighted by atomic mass is 10.2. The fourth-order valence-corrected chi connectivity index (χ4v) is 7.38. The van der Waals surface area contributed by atoms with Crippen LogP contribution in [0.5, 0.6) is 5.75 Å². The summed E-state index contributed by atoms with van der Waals surface area (Å²) in [5.41, 5.74) is 2.17. The van der Waals surface area contributed by atoms with Crippen LogP contribution in [0.3, 0.4) is 0 Å². The van der Waals surface area contributed by atoms with Crippen LogP contribution in [0.4, 0.5) is 0 Å². The van der Waals surface area contributed by atoms with Gasteiger partial charge in [-0.15, -0.1) is 0 Å².